The predicted octanol–water partition coefficient (Wildman–Crippen LogP) is 1.99. The van der Waals surface area contributed by atoms with Gasteiger partial charge in [0, 0.05) is 19.0 Å². The van der Waals surface area contributed by atoms with Crippen molar-refractivity contribution in [3.8, 4) is 0 Å². The summed E-state index contributed by atoms with van der Waals surface area (Å²) in [4.78, 5) is 19.2. The van der Waals surface area contributed by atoms with Crippen molar-refractivity contribution in [1.82, 2.24) is 9.97 Å². The molecule has 0 aliphatic rings. The molecule has 3 nitrogen and oxygen atoms in total. The lowest BCUT2D eigenvalue weighted by molar-refractivity contribution is -0.118. The minimum atomic E-state index is 0.249. The monoisotopic (exact) mass is 290 g/mol. The fourth-order valence-corrected chi connectivity index (χ4v) is 1.51. The van der Waals surface area contributed by atoms with E-state index in [1.165, 1.54) is 6.33 Å². The molecule has 0 unspecified atom stereocenters. The van der Waals surface area contributed by atoms with Gasteiger partial charge in [-0.1, -0.05) is 6.92 Å². The molecule has 0 saturated heterocycles. The fraction of sp³-hybridized carbons (Fsp3) is 0.444. The maximum atomic E-state index is 11.3. The first-order chi connectivity index (χ1) is 6.24. The Balaban J connectivity index is 2.63. The lowest BCUT2D eigenvalue weighted by atomic mass is 10.1. The molecular weight excluding hydrogens is 279 g/mol. The second-order valence-corrected chi connectivity index (χ2v) is 3.95. The Morgan fingerprint density at radius 1 is 1.62 bits per heavy atom. The van der Waals surface area contributed by atoms with E-state index in [0.29, 0.717) is 12.8 Å². The average Bonchev–Trinajstić information content (AvgIpc) is 2.09. The highest BCUT2D eigenvalue weighted by Crippen LogP contribution is 2.08. The number of nitrogens with zero attached hydrogens (tertiary/aromatic N) is 2. The first-order valence-corrected chi connectivity index (χ1v) is 5.28. The number of aromatic nitrogens is 2. The van der Waals surface area contributed by atoms with Crippen LogP contribution in [0.25, 0.3) is 0 Å². The molecule has 0 aliphatic carbocycles. The van der Waals surface area contributed by atoms with Gasteiger partial charge in [-0.2, -0.15) is 0 Å². The molecule has 1 rings (SSSR count). The number of halogens is 1. The van der Waals surface area contributed by atoms with Crippen molar-refractivity contribution in [3.63, 3.8) is 0 Å². The molecular formula is C9H11IN2O. The lowest BCUT2D eigenvalue weighted by Gasteiger charge is -2.00. The van der Waals surface area contributed by atoms with Gasteiger partial charge in [0.1, 0.15) is 12.1 Å². The van der Waals surface area contributed by atoms with E-state index < -0.39 is 0 Å². The molecule has 13 heavy (non-hydrogen) atoms. The molecule has 0 atom stereocenters. The van der Waals surface area contributed by atoms with E-state index in [-0.39, 0.29) is 5.78 Å². The summed E-state index contributed by atoms with van der Waals surface area (Å²) < 4.78 is 0.963. The molecule has 0 spiro atoms. The highest BCUT2D eigenvalue weighted by atomic mass is 127. The van der Waals surface area contributed by atoms with Crippen LogP contribution in [0.4, 0.5) is 0 Å². The SMILES string of the molecule is CCCC(=O)Cc1ncncc1I. The average molecular weight is 290 g/mol. The van der Waals surface area contributed by atoms with E-state index in [0.717, 1.165) is 15.7 Å². The molecule has 70 valence electrons. The van der Waals surface area contributed by atoms with E-state index in [4.69, 9.17) is 0 Å². The van der Waals surface area contributed by atoms with Gasteiger partial charge in [0.2, 0.25) is 0 Å². The van der Waals surface area contributed by atoms with Gasteiger partial charge in [-0.15, -0.1) is 0 Å². The van der Waals surface area contributed by atoms with E-state index in [9.17, 15) is 4.79 Å². The summed E-state index contributed by atoms with van der Waals surface area (Å²) >= 11 is 2.14. The molecule has 4 heteroatoms. The Morgan fingerprint density at radius 2 is 2.38 bits per heavy atom. The third-order valence-corrected chi connectivity index (χ3v) is 2.54. The highest BCUT2D eigenvalue weighted by molar-refractivity contribution is 14.1. The third kappa shape index (κ3) is 3.38. The summed E-state index contributed by atoms with van der Waals surface area (Å²) in [6, 6.07) is 0. The largest absolute Gasteiger partial charge is 0.299 e. The molecule has 1 aromatic heterocycles. The Kier molecular flexibility index (Phi) is 4.27. The number of rotatable bonds is 4. The Hall–Kier alpha value is -0.520. The van der Waals surface area contributed by atoms with Crippen LogP contribution in [0.2, 0.25) is 0 Å². The number of hydrogen-bond acceptors (Lipinski definition) is 3. The molecule has 0 saturated carbocycles. The standard InChI is InChI=1S/C9H11IN2O/c1-2-3-7(13)4-9-8(10)5-11-6-12-9/h5-6H,2-4H2,1H3. The van der Waals surface area contributed by atoms with Crippen LogP contribution in [-0.4, -0.2) is 15.8 Å². The second-order valence-electron chi connectivity index (χ2n) is 2.78. The number of ketones is 1. The van der Waals surface area contributed by atoms with E-state index in [1.54, 1.807) is 6.20 Å². The van der Waals surface area contributed by atoms with Crippen LogP contribution in [0, 0.1) is 3.57 Å². The fourth-order valence-electron chi connectivity index (χ4n) is 1.02. The molecule has 0 aromatic carbocycles. The van der Waals surface area contributed by atoms with Crippen molar-refractivity contribution in [2.45, 2.75) is 26.2 Å². The van der Waals surface area contributed by atoms with Crippen LogP contribution in [0.5, 0.6) is 0 Å². The van der Waals surface area contributed by atoms with Crippen molar-refractivity contribution in [1.29, 1.82) is 0 Å². The Labute approximate surface area is 91.1 Å². The van der Waals surface area contributed by atoms with Gasteiger partial charge in [0.15, 0.2) is 0 Å². The summed E-state index contributed by atoms with van der Waals surface area (Å²) in [6.45, 7) is 2.00. The van der Waals surface area contributed by atoms with Crippen LogP contribution >= 0.6 is 22.6 Å². The number of Topliss-reactive ketones (excluding diaryl/α,β-unsaturated/α-hetero) is 1. The molecule has 1 heterocycles. The van der Waals surface area contributed by atoms with Gasteiger partial charge in [-0.3, -0.25) is 4.79 Å². The first-order valence-electron chi connectivity index (χ1n) is 4.20. The van der Waals surface area contributed by atoms with Crippen LogP contribution in [0.3, 0.4) is 0 Å². The molecule has 1 aromatic rings. The van der Waals surface area contributed by atoms with Gasteiger partial charge in [0.25, 0.3) is 0 Å². The van der Waals surface area contributed by atoms with Crippen LogP contribution < -0.4 is 0 Å². The summed E-state index contributed by atoms with van der Waals surface area (Å²) in [6.07, 6.45) is 5.19. The summed E-state index contributed by atoms with van der Waals surface area (Å²) in [7, 11) is 0. The Morgan fingerprint density at radius 3 is 3.00 bits per heavy atom. The molecule has 0 N–H and O–H groups in total. The second kappa shape index (κ2) is 5.26. The number of carbonyl (C=O) groups excluding carboxylic acids is 1. The van der Waals surface area contributed by atoms with Crippen LogP contribution in [0.1, 0.15) is 25.5 Å². The highest BCUT2D eigenvalue weighted by Gasteiger charge is 2.06. The summed E-state index contributed by atoms with van der Waals surface area (Å²) in [5.74, 6) is 0.249. The van der Waals surface area contributed by atoms with Crippen LogP contribution in [0.15, 0.2) is 12.5 Å². The quantitative estimate of drug-likeness (QED) is 0.796. The number of hydrogen-bond donors (Lipinski definition) is 0. The third-order valence-electron chi connectivity index (χ3n) is 1.64. The molecule has 0 amide bonds. The van der Waals surface area contributed by atoms with Gasteiger partial charge in [-0.05, 0) is 29.0 Å². The maximum absolute atomic E-state index is 11.3. The van der Waals surface area contributed by atoms with Gasteiger partial charge in [0.05, 0.1) is 9.26 Å². The maximum Gasteiger partial charge on any atom is 0.138 e. The van der Waals surface area contributed by atoms with Gasteiger partial charge >= 0.3 is 0 Å². The summed E-state index contributed by atoms with van der Waals surface area (Å²) in [5.41, 5.74) is 0.842. The predicted molar refractivity (Wildman–Crippen MR) is 58.4 cm³/mol. The van der Waals surface area contributed by atoms with Gasteiger partial charge < -0.3 is 0 Å². The van der Waals surface area contributed by atoms with Crippen molar-refractivity contribution in [2.24, 2.45) is 0 Å². The normalized spacial score (nSPS) is 10.0. The molecule has 0 radical (unpaired) electrons. The van der Waals surface area contributed by atoms with Crippen molar-refractivity contribution in [2.75, 3.05) is 0 Å². The van der Waals surface area contributed by atoms with Crippen molar-refractivity contribution >= 4 is 28.4 Å². The minimum absolute atomic E-state index is 0.249. The molecule has 0 aliphatic heterocycles. The lowest BCUT2D eigenvalue weighted by Crippen LogP contribution is -2.05. The zero-order valence-corrected chi connectivity index (χ0v) is 9.61. The number of carbonyl (C=O) groups is 1. The summed E-state index contributed by atoms with van der Waals surface area (Å²) in [5, 5.41) is 0. The van der Waals surface area contributed by atoms with E-state index >= 15 is 0 Å². The molecule has 0 bridgehead atoms. The zero-order valence-electron chi connectivity index (χ0n) is 7.46. The van der Waals surface area contributed by atoms with Crippen molar-refractivity contribution < 1.29 is 4.79 Å². The van der Waals surface area contributed by atoms with Gasteiger partial charge in [-0.25, -0.2) is 9.97 Å². The van der Waals surface area contributed by atoms with Crippen molar-refractivity contribution in [3.05, 3.63) is 21.8 Å². The zero-order chi connectivity index (χ0) is 9.68. The van der Waals surface area contributed by atoms with E-state index in [1.807, 2.05) is 6.92 Å². The Bertz CT molecular complexity index is 301. The van der Waals surface area contributed by atoms with E-state index in [2.05, 4.69) is 32.6 Å². The minimum Gasteiger partial charge on any atom is -0.299 e. The molecule has 0 fully saturated rings. The smallest absolute Gasteiger partial charge is 0.138 e. The topological polar surface area (TPSA) is 42.9 Å². The first kappa shape index (κ1) is 10.6. The van der Waals surface area contributed by atoms with Crippen LogP contribution in [-0.2, 0) is 11.2 Å².